The summed E-state index contributed by atoms with van der Waals surface area (Å²) in [6.07, 6.45) is 7.22. The van der Waals surface area contributed by atoms with Crippen LogP contribution in [0.15, 0.2) is 30.7 Å². The van der Waals surface area contributed by atoms with Gasteiger partial charge in [0.15, 0.2) is 0 Å². The van der Waals surface area contributed by atoms with E-state index in [2.05, 4.69) is 10.3 Å². The van der Waals surface area contributed by atoms with Crippen LogP contribution in [0.2, 0.25) is 0 Å². The van der Waals surface area contributed by atoms with Gasteiger partial charge in [-0.05, 0) is 44.0 Å². The molecule has 4 heteroatoms. The summed E-state index contributed by atoms with van der Waals surface area (Å²) in [6, 6.07) is 5.19. The number of nitrogens with zero attached hydrogens (tertiary/aromatic N) is 2. The summed E-state index contributed by atoms with van der Waals surface area (Å²) in [5, 5.41) is 3.51. The van der Waals surface area contributed by atoms with Crippen LogP contribution in [0.4, 0.5) is 4.39 Å². The van der Waals surface area contributed by atoms with Crippen molar-refractivity contribution in [2.24, 2.45) is 0 Å². The zero-order valence-corrected chi connectivity index (χ0v) is 11.1. The number of benzene rings is 1. The Bertz CT molecular complexity index is 571. The summed E-state index contributed by atoms with van der Waals surface area (Å²) >= 11 is 0. The summed E-state index contributed by atoms with van der Waals surface area (Å²) in [6.45, 7) is 3.03. The number of piperidine rings is 1. The van der Waals surface area contributed by atoms with Gasteiger partial charge in [-0.2, -0.15) is 0 Å². The lowest BCUT2D eigenvalue weighted by Crippen LogP contribution is -2.28. The third-order valence-corrected chi connectivity index (χ3v) is 3.77. The minimum atomic E-state index is -0.211. The zero-order chi connectivity index (χ0) is 13.2. The molecule has 19 heavy (non-hydrogen) atoms. The van der Waals surface area contributed by atoms with Crippen molar-refractivity contribution in [3.63, 3.8) is 0 Å². The fourth-order valence-corrected chi connectivity index (χ4v) is 2.71. The highest BCUT2D eigenvalue weighted by atomic mass is 19.1. The van der Waals surface area contributed by atoms with E-state index in [9.17, 15) is 4.39 Å². The number of aryl methyl sites for hydroxylation is 1. The molecule has 1 N–H and O–H groups in total. The number of hydrogen-bond donors (Lipinski definition) is 1. The minimum Gasteiger partial charge on any atom is -0.309 e. The third-order valence-electron chi connectivity index (χ3n) is 3.77. The van der Waals surface area contributed by atoms with Crippen molar-refractivity contribution in [2.45, 2.75) is 32.2 Å². The quantitative estimate of drug-likeness (QED) is 0.898. The first-order valence-electron chi connectivity index (χ1n) is 6.78. The van der Waals surface area contributed by atoms with Gasteiger partial charge < -0.3 is 9.88 Å². The standard InChI is InChI=1S/C15H18FN3/c1-11-5-6-12(16)8-14(11)19-10-17-9-15(19)13-4-2-3-7-18-13/h5-6,8-10,13,18H,2-4,7H2,1H3. The van der Waals surface area contributed by atoms with E-state index in [1.54, 1.807) is 12.4 Å². The SMILES string of the molecule is Cc1ccc(F)cc1-n1cncc1C1CCCCN1. The lowest BCUT2D eigenvalue weighted by atomic mass is 10.0. The molecule has 0 bridgehead atoms. The van der Waals surface area contributed by atoms with Crippen molar-refractivity contribution < 1.29 is 4.39 Å². The number of halogens is 1. The highest BCUT2D eigenvalue weighted by molar-refractivity contribution is 5.42. The van der Waals surface area contributed by atoms with E-state index in [-0.39, 0.29) is 5.82 Å². The van der Waals surface area contributed by atoms with Crippen molar-refractivity contribution in [3.05, 3.63) is 47.8 Å². The van der Waals surface area contributed by atoms with Crippen LogP contribution < -0.4 is 5.32 Å². The van der Waals surface area contributed by atoms with Crippen LogP contribution in [-0.4, -0.2) is 16.1 Å². The topological polar surface area (TPSA) is 29.9 Å². The van der Waals surface area contributed by atoms with Crippen LogP contribution in [0.5, 0.6) is 0 Å². The van der Waals surface area contributed by atoms with Gasteiger partial charge in [-0.25, -0.2) is 9.37 Å². The van der Waals surface area contributed by atoms with Crippen LogP contribution in [0.1, 0.15) is 36.6 Å². The Balaban J connectivity index is 2.01. The maximum absolute atomic E-state index is 13.5. The van der Waals surface area contributed by atoms with Crippen LogP contribution >= 0.6 is 0 Å². The van der Waals surface area contributed by atoms with E-state index in [1.807, 2.05) is 23.8 Å². The van der Waals surface area contributed by atoms with Crippen molar-refractivity contribution in [1.82, 2.24) is 14.9 Å². The normalized spacial score (nSPS) is 19.6. The molecule has 3 rings (SSSR count). The summed E-state index contributed by atoms with van der Waals surface area (Å²) in [4.78, 5) is 4.24. The molecular weight excluding hydrogens is 241 g/mol. The second kappa shape index (κ2) is 5.13. The van der Waals surface area contributed by atoms with Gasteiger partial charge in [-0.3, -0.25) is 0 Å². The minimum absolute atomic E-state index is 0.211. The molecule has 0 radical (unpaired) electrons. The Morgan fingerprint density at radius 3 is 3.05 bits per heavy atom. The molecule has 1 fully saturated rings. The van der Waals surface area contributed by atoms with E-state index in [0.717, 1.165) is 29.9 Å². The molecule has 0 spiro atoms. The molecule has 2 heterocycles. The van der Waals surface area contributed by atoms with Crippen LogP contribution in [0.3, 0.4) is 0 Å². The largest absolute Gasteiger partial charge is 0.309 e. The Hall–Kier alpha value is -1.68. The summed E-state index contributed by atoms with van der Waals surface area (Å²) in [7, 11) is 0. The number of imidazole rings is 1. The number of aromatic nitrogens is 2. The van der Waals surface area contributed by atoms with Gasteiger partial charge in [-0.1, -0.05) is 12.5 Å². The average Bonchev–Trinajstić information content (AvgIpc) is 2.91. The predicted octanol–water partition coefficient (Wildman–Crippen LogP) is 3.13. The van der Waals surface area contributed by atoms with E-state index in [1.165, 1.54) is 18.9 Å². The average molecular weight is 259 g/mol. The maximum Gasteiger partial charge on any atom is 0.125 e. The summed E-state index contributed by atoms with van der Waals surface area (Å²) < 4.78 is 15.5. The molecule has 1 saturated heterocycles. The molecule has 1 aliphatic heterocycles. The molecule has 1 aliphatic rings. The first kappa shape index (κ1) is 12.4. The molecule has 1 atom stereocenters. The van der Waals surface area contributed by atoms with Crippen LogP contribution in [0.25, 0.3) is 5.69 Å². The molecule has 0 saturated carbocycles. The van der Waals surface area contributed by atoms with Crippen molar-refractivity contribution in [2.75, 3.05) is 6.54 Å². The van der Waals surface area contributed by atoms with Gasteiger partial charge in [0.05, 0.1) is 23.9 Å². The van der Waals surface area contributed by atoms with E-state index in [4.69, 9.17) is 0 Å². The molecule has 0 aliphatic carbocycles. The fraction of sp³-hybridized carbons (Fsp3) is 0.400. The zero-order valence-electron chi connectivity index (χ0n) is 11.1. The molecule has 1 unspecified atom stereocenters. The first-order chi connectivity index (χ1) is 9.25. The molecule has 1 aromatic heterocycles. The lowest BCUT2D eigenvalue weighted by Gasteiger charge is -2.24. The Morgan fingerprint density at radius 1 is 1.37 bits per heavy atom. The Kier molecular flexibility index (Phi) is 3.34. The van der Waals surface area contributed by atoms with Crippen LogP contribution in [0, 0.1) is 12.7 Å². The van der Waals surface area contributed by atoms with E-state index < -0.39 is 0 Å². The number of nitrogens with one attached hydrogen (secondary N) is 1. The molecule has 100 valence electrons. The third kappa shape index (κ3) is 2.40. The second-order valence-electron chi connectivity index (χ2n) is 5.12. The van der Waals surface area contributed by atoms with Gasteiger partial charge >= 0.3 is 0 Å². The smallest absolute Gasteiger partial charge is 0.125 e. The Labute approximate surface area is 112 Å². The second-order valence-corrected chi connectivity index (χ2v) is 5.12. The molecule has 2 aromatic rings. The molecular formula is C15H18FN3. The molecule has 0 amide bonds. The Morgan fingerprint density at radius 2 is 2.26 bits per heavy atom. The van der Waals surface area contributed by atoms with Gasteiger partial charge in [0.2, 0.25) is 0 Å². The summed E-state index contributed by atoms with van der Waals surface area (Å²) in [5.74, 6) is -0.211. The van der Waals surface area contributed by atoms with Crippen molar-refractivity contribution >= 4 is 0 Å². The summed E-state index contributed by atoms with van der Waals surface area (Å²) in [5.41, 5.74) is 3.05. The number of hydrogen-bond acceptors (Lipinski definition) is 2. The van der Waals surface area contributed by atoms with Gasteiger partial charge in [0, 0.05) is 6.04 Å². The predicted molar refractivity (Wildman–Crippen MR) is 72.9 cm³/mol. The first-order valence-corrected chi connectivity index (χ1v) is 6.78. The maximum atomic E-state index is 13.5. The van der Waals surface area contributed by atoms with Gasteiger partial charge in [0.25, 0.3) is 0 Å². The van der Waals surface area contributed by atoms with Crippen LogP contribution in [-0.2, 0) is 0 Å². The van der Waals surface area contributed by atoms with E-state index in [0.29, 0.717) is 6.04 Å². The number of rotatable bonds is 2. The lowest BCUT2D eigenvalue weighted by molar-refractivity contribution is 0.401. The van der Waals surface area contributed by atoms with Gasteiger partial charge in [0.1, 0.15) is 5.82 Å². The highest BCUT2D eigenvalue weighted by Gasteiger charge is 2.19. The van der Waals surface area contributed by atoms with Crippen molar-refractivity contribution in [3.8, 4) is 5.69 Å². The molecule has 1 aromatic carbocycles. The van der Waals surface area contributed by atoms with Crippen molar-refractivity contribution in [1.29, 1.82) is 0 Å². The fourth-order valence-electron chi connectivity index (χ4n) is 2.71. The van der Waals surface area contributed by atoms with Gasteiger partial charge in [-0.15, -0.1) is 0 Å². The van der Waals surface area contributed by atoms with E-state index >= 15 is 0 Å². The molecule has 3 nitrogen and oxygen atoms in total. The monoisotopic (exact) mass is 259 g/mol. The highest BCUT2D eigenvalue weighted by Crippen LogP contribution is 2.26.